The highest BCUT2D eigenvalue weighted by atomic mass is 16.5. The van der Waals surface area contributed by atoms with Gasteiger partial charge in [-0.2, -0.15) is 0 Å². The molecule has 0 spiro atoms. The minimum absolute atomic E-state index is 0.00457. The Bertz CT molecular complexity index is 447. The van der Waals surface area contributed by atoms with Crippen molar-refractivity contribution < 1.29 is 19.4 Å². The van der Waals surface area contributed by atoms with E-state index < -0.39 is 12.0 Å². The summed E-state index contributed by atoms with van der Waals surface area (Å²) in [6.07, 6.45) is 0. The van der Waals surface area contributed by atoms with Gasteiger partial charge in [0.1, 0.15) is 11.9 Å². The lowest BCUT2D eigenvalue weighted by atomic mass is 10.3. The molecule has 0 radical (unpaired) electrons. The van der Waals surface area contributed by atoms with Gasteiger partial charge in [0.05, 0.1) is 6.61 Å². The molecular formula is C11H16N4O4. The molecule has 0 fully saturated rings. The zero-order chi connectivity index (χ0) is 14.4. The second kappa shape index (κ2) is 6.64. The number of anilines is 1. The largest absolute Gasteiger partial charge is 0.480 e. The average Bonchev–Trinajstić information content (AvgIpc) is 2.38. The predicted molar refractivity (Wildman–Crippen MR) is 67.0 cm³/mol. The van der Waals surface area contributed by atoms with Crippen molar-refractivity contribution in [2.45, 2.75) is 6.04 Å². The summed E-state index contributed by atoms with van der Waals surface area (Å²) in [5, 5.41) is 19.1. The first-order valence-corrected chi connectivity index (χ1v) is 5.49. The van der Waals surface area contributed by atoms with Crippen molar-refractivity contribution in [1.82, 2.24) is 15.1 Å². The van der Waals surface area contributed by atoms with E-state index in [1.54, 1.807) is 14.1 Å². The van der Waals surface area contributed by atoms with Crippen LogP contribution in [0.15, 0.2) is 12.1 Å². The molecule has 104 valence electrons. The van der Waals surface area contributed by atoms with Crippen molar-refractivity contribution in [1.29, 1.82) is 0 Å². The Morgan fingerprint density at radius 2 is 2.11 bits per heavy atom. The van der Waals surface area contributed by atoms with Crippen LogP contribution in [0.5, 0.6) is 0 Å². The summed E-state index contributed by atoms with van der Waals surface area (Å²) in [5.74, 6) is -1.07. The van der Waals surface area contributed by atoms with Gasteiger partial charge in [-0.25, -0.2) is 4.79 Å². The molecule has 1 unspecified atom stereocenters. The fourth-order valence-electron chi connectivity index (χ4n) is 1.27. The minimum atomic E-state index is -1.06. The third-order valence-electron chi connectivity index (χ3n) is 2.24. The molecule has 1 amide bonds. The smallest absolute Gasteiger partial charge is 0.328 e. The van der Waals surface area contributed by atoms with Gasteiger partial charge in [-0.15, -0.1) is 10.2 Å². The normalized spacial score (nSPS) is 11.7. The van der Waals surface area contributed by atoms with Crippen molar-refractivity contribution >= 4 is 17.7 Å². The number of aliphatic carboxylic acids is 1. The molecular weight excluding hydrogens is 252 g/mol. The lowest BCUT2D eigenvalue weighted by molar-refractivity contribution is -0.139. The van der Waals surface area contributed by atoms with Gasteiger partial charge in [0.2, 0.25) is 0 Å². The van der Waals surface area contributed by atoms with E-state index in [0.29, 0.717) is 0 Å². The number of carboxylic acid groups (broad SMARTS) is 1. The molecule has 1 aromatic heterocycles. The first-order chi connectivity index (χ1) is 8.95. The van der Waals surface area contributed by atoms with Gasteiger partial charge in [-0.1, -0.05) is 0 Å². The molecule has 2 N–H and O–H groups in total. The highest BCUT2D eigenvalue weighted by Gasteiger charge is 2.18. The first kappa shape index (κ1) is 14.8. The fourth-order valence-corrected chi connectivity index (χ4v) is 1.27. The summed E-state index contributed by atoms with van der Waals surface area (Å²) < 4.78 is 4.78. The molecule has 19 heavy (non-hydrogen) atoms. The number of methoxy groups -OCH3 is 1. The Morgan fingerprint density at radius 3 is 2.53 bits per heavy atom. The number of nitrogens with one attached hydrogen (secondary N) is 1. The zero-order valence-corrected chi connectivity index (χ0v) is 11.0. The Hall–Kier alpha value is -2.22. The Balaban J connectivity index is 2.76. The van der Waals surface area contributed by atoms with E-state index in [2.05, 4.69) is 15.5 Å². The summed E-state index contributed by atoms with van der Waals surface area (Å²) in [4.78, 5) is 23.9. The first-order valence-electron chi connectivity index (χ1n) is 5.49. The molecule has 0 aliphatic carbocycles. The van der Waals surface area contributed by atoms with Crippen LogP contribution in [-0.4, -0.2) is 65.9 Å². The van der Waals surface area contributed by atoms with Crippen molar-refractivity contribution in [2.24, 2.45) is 0 Å². The minimum Gasteiger partial charge on any atom is -0.480 e. The monoisotopic (exact) mass is 268 g/mol. The Labute approximate surface area is 110 Å². The number of rotatable bonds is 6. The van der Waals surface area contributed by atoms with Gasteiger partial charge in [0, 0.05) is 21.2 Å². The van der Waals surface area contributed by atoms with E-state index in [1.165, 1.54) is 24.1 Å². The van der Waals surface area contributed by atoms with Crippen LogP contribution in [0.1, 0.15) is 10.5 Å². The Morgan fingerprint density at radius 1 is 1.42 bits per heavy atom. The van der Waals surface area contributed by atoms with Crippen LogP contribution in [0.3, 0.4) is 0 Å². The summed E-state index contributed by atoms with van der Waals surface area (Å²) in [7, 11) is 4.62. The van der Waals surface area contributed by atoms with Gasteiger partial charge in [-0.3, -0.25) is 4.79 Å². The average molecular weight is 268 g/mol. The van der Waals surface area contributed by atoms with Gasteiger partial charge in [0.15, 0.2) is 5.69 Å². The van der Waals surface area contributed by atoms with E-state index in [1.807, 2.05) is 0 Å². The van der Waals surface area contributed by atoms with Gasteiger partial charge in [0.25, 0.3) is 5.91 Å². The molecule has 0 aliphatic heterocycles. The topological polar surface area (TPSA) is 105 Å². The lowest BCUT2D eigenvalue weighted by Gasteiger charge is -2.14. The summed E-state index contributed by atoms with van der Waals surface area (Å²) in [6.45, 7) is -0.00457. The number of nitrogens with zero attached hydrogens (tertiary/aromatic N) is 3. The molecule has 1 rings (SSSR count). The predicted octanol–water partition coefficient (Wildman–Crippen LogP) is -0.310. The molecule has 0 aliphatic rings. The number of carbonyl (C=O) groups excluding carboxylic acids is 1. The van der Waals surface area contributed by atoms with Gasteiger partial charge < -0.3 is 20.1 Å². The van der Waals surface area contributed by atoms with Crippen molar-refractivity contribution in [3.63, 3.8) is 0 Å². The van der Waals surface area contributed by atoms with E-state index >= 15 is 0 Å². The van der Waals surface area contributed by atoms with Crippen LogP contribution in [-0.2, 0) is 9.53 Å². The van der Waals surface area contributed by atoms with Crippen LogP contribution >= 0.6 is 0 Å². The van der Waals surface area contributed by atoms with E-state index in [-0.39, 0.29) is 24.0 Å². The fraction of sp³-hybridized carbons (Fsp3) is 0.455. The maximum Gasteiger partial charge on any atom is 0.328 e. The van der Waals surface area contributed by atoms with Gasteiger partial charge in [-0.05, 0) is 12.1 Å². The summed E-state index contributed by atoms with van der Waals surface area (Å²) >= 11 is 0. The van der Waals surface area contributed by atoms with Crippen molar-refractivity contribution in [3.05, 3.63) is 17.8 Å². The highest BCUT2D eigenvalue weighted by molar-refractivity contribution is 5.91. The number of hydrogen-bond donors (Lipinski definition) is 2. The maximum absolute atomic E-state index is 11.6. The van der Waals surface area contributed by atoms with E-state index in [4.69, 9.17) is 9.84 Å². The quantitative estimate of drug-likeness (QED) is 0.729. The second-order valence-corrected chi connectivity index (χ2v) is 3.99. The molecule has 0 aromatic carbocycles. The van der Waals surface area contributed by atoms with Crippen LogP contribution < -0.4 is 5.32 Å². The highest BCUT2D eigenvalue weighted by Crippen LogP contribution is 2.06. The molecule has 0 bridgehead atoms. The van der Waals surface area contributed by atoms with E-state index in [9.17, 15) is 9.59 Å². The zero-order valence-electron chi connectivity index (χ0n) is 11.0. The number of carbonyl (C=O) groups is 2. The van der Waals surface area contributed by atoms with Crippen LogP contribution in [0, 0.1) is 0 Å². The SMILES string of the molecule is COCC(Nc1ccc(C(=O)N(C)C)nn1)C(=O)O. The number of carboxylic acids is 1. The molecule has 1 aromatic rings. The van der Waals surface area contributed by atoms with Crippen LogP contribution in [0.25, 0.3) is 0 Å². The third kappa shape index (κ3) is 4.18. The molecule has 8 heteroatoms. The second-order valence-electron chi connectivity index (χ2n) is 3.99. The third-order valence-corrected chi connectivity index (χ3v) is 2.24. The van der Waals surface area contributed by atoms with Crippen LogP contribution in [0.4, 0.5) is 5.82 Å². The lowest BCUT2D eigenvalue weighted by Crippen LogP contribution is -2.34. The number of aromatic nitrogens is 2. The number of ether oxygens (including phenoxy) is 1. The summed E-state index contributed by atoms with van der Waals surface area (Å²) in [6, 6.07) is 2.05. The standard InChI is InChI=1S/C11H16N4O4/c1-15(2)10(16)7-4-5-9(14-13-7)12-8(6-19-3)11(17)18/h4-5,8H,6H2,1-3H3,(H,12,14)(H,17,18). The van der Waals surface area contributed by atoms with Crippen molar-refractivity contribution in [2.75, 3.05) is 33.1 Å². The summed E-state index contributed by atoms with van der Waals surface area (Å²) in [5.41, 5.74) is 0.189. The maximum atomic E-state index is 11.6. The van der Waals surface area contributed by atoms with E-state index in [0.717, 1.165) is 0 Å². The molecule has 0 saturated carbocycles. The van der Waals surface area contributed by atoms with Crippen LogP contribution in [0.2, 0.25) is 0 Å². The Kier molecular flexibility index (Phi) is 5.19. The molecule has 0 saturated heterocycles. The molecule has 1 heterocycles. The molecule has 1 atom stereocenters. The van der Waals surface area contributed by atoms with Gasteiger partial charge >= 0.3 is 5.97 Å². The van der Waals surface area contributed by atoms with Crippen molar-refractivity contribution in [3.8, 4) is 0 Å². The number of hydrogen-bond acceptors (Lipinski definition) is 6. The molecule has 8 nitrogen and oxygen atoms in total. The number of amides is 1.